The van der Waals surface area contributed by atoms with Crippen molar-refractivity contribution < 1.29 is 9.64 Å². The largest absolute Gasteiger partial charge is 0.366 e. The summed E-state index contributed by atoms with van der Waals surface area (Å²) in [4.78, 5) is 5.95. The fraction of sp³-hybridized carbons (Fsp3) is 0.421. The van der Waals surface area contributed by atoms with Crippen molar-refractivity contribution in [1.29, 1.82) is 0 Å². The van der Waals surface area contributed by atoms with Gasteiger partial charge in [-0.1, -0.05) is 41.6 Å². The second-order valence-corrected chi connectivity index (χ2v) is 8.33. The second-order valence-electron chi connectivity index (χ2n) is 6.93. The molecule has 2 aromatic heterocycles. The standard InChI is InChI=1S/C19H22ClN5OS/c1-13-9-14(2)25-18(21-13)22-23-19(25)27-12-16-11-24(7-8-26-16)10-15-5-3-4-6-17(15)20/h3-6,9,16H,7-8,10-12H2,1-2H3/p+1/t16-/m1/s1. The van der Waals surface area contributed by atoms with E-state index in [-0.39, 0.29) is 6.10 Å². The van der Waals surface area contributed by atoms with Crippen LogP contribution in [-0.2, 0) is 11.3 Å². The Labute approximate surface area is 167 Å². The molecule has 3 heterocycles. The van der Waals surface area contributed by atoms with Crippen LogP contribution >= 0.6 is 23.4 Å². The molecule has 6 nitrogen and oxygen atoms in total. The van der Waals surface area contributed by atoms with Crippen LogP contribution in [0.25, 0.3) is 5.78 Å². The van der Waals surface area contributed by atoms with Gasteiger partial charge in [-0.25, -0.2) is 4.98 Å². The molecule has 0 saturated carbocycles. The SMILES string of the molecule is Cc1cc(C)n2c(SC[C@H]3C[NH+](Cc4ccccc4Cl)CCO3)nnc2n1. The van der Waals surface area contributed by atoms with Crippen molar-refractivity contribution in [3.05, 3.63) is 52.3 Å². The Hall–Kier alpha value is -1.67. The lowest BCUT2D eigenvalue weighted by Gasteiger charge is -2.30. The normalized spacial score (nSPS) is 20.3. The molecule has 27 heavy (non-hydrogen) atoms. The molecule has 0 aliphatic carbocycles. The molecule has 4 rings (SSSR count). The van der Waals surface area contributed by atoms with Crippen LogP contribution in [0.3, 0.4) is 0 Å². The van der Waals surface area contributed by atoms with Crippen molar-refractivity contribution in [1.82, 2.24) is 19.6 Å². The van der Waals surface area contributed by atoms with Crippen molar-refractivity contribution >= 4 is 29.1 Å². The highest BCUT2D eigenvalue weighted by molar-refractivity contribution is 7.99. The lowest BCUT2D eigenvalue weighted by Crippen LogP contribution is -3.13. The third kappa shape index (κ3) is 4.27. The van der Waals surface area contributed by atoms with Crippen molar-refractivity contribution in [2.24, 2.45) is 0 Å². The maximum atomic E-state index is 6.32. The number of hydrogen-bond donors (Lipinski definition) is 1. The first-order chi connectivity index (χ1) is 13.1. The molecule has 8 heteroatoms. The molecule has 1 fully saturated rings. The number of aromatic nitrogens is 4. The number of nitrogens with one attached hydrogen (secondary N) is 1. The van der Waals surface area contributed by atoms with Crippen LogP contribution < -0.4 is 4.90 Å². The van der Waals surface area contributed by atoms with E-state index in [1.807, 2.05) is 35.6 Å². The van der Waals surface area contributed by atoms with Gasteiger partial charge in [0.1, 0.15) is 25.7 Å². The van der Waals surface area contributed by atoms with Crippen LogP contribution in [0.5, 0.6) is 0 Å². The van der Waals surface area contributed by atoms with Gasteiger partial charge in [-0.05, 0) is 26.0 Å². The van der Waals surface area contributed by atoms with Gasteiger partial charge in [-0.15, -0.1) is 10.2 Å². The highest BCUT2D eigenvalue weighted by Crippen LogP contribution is 2.20. The van der Waals surface area contributed by atoms with Crippen LogP contribution in [0.15, 0.2) is 35.5 Å². The van der Waals surface area contributed by atoms with E-state index in [1.54, 1.807) is 11.8 Å². The maximum Gasteiger partial charge on any atom is 0.256 e. The maximum absolute atomic E-state index is 6.32. The summed E-state index contributed by atoms with van der Waals surface area (Å²) in [6, 6.07) is 10.1. The van der Waals surface area contributed by atoms with E-state index in [0.717, 1.165) is 53.6 Å². The van der Waals surface area contributed by atoms with E-state index in [2.05, 4.69) is 28.2 Å². The number of halogens is 1. The van der Waals surface area contributed by atoms with E-state index in [9.17, 15) is 0 Å². The number of hydrogen-bond acceptors (Lipinski definition) is 5. The summed E-state index contributed by atoms with van der Waals surface area (Å²) in [6.07, 6.45) is 0.187. The molecule has 0 amide bonds. The number of ether oxygens (including phenoxy) is 1. The Balaban J connectivity index is 1.39. The van der Waals surface area contributed by atoms with Gasteiger partial charge < -0.3 is 9.64 Å². The first-order valence-corrected chi connectivity index (χ1v) is 10.5. The Morgan fingerprint density at radius 2 is 2.15 bits per heavy atom. The fourth-order valence-electron chi connectivity index (χ4n) is 3.49. The van der Waals surface area contributed by atoms with E-state index in [0.29, 0.717) is 5.78 Å². The number of fused-ring (bicyclic) bond motifs is 1. The average molecular weight is 405 g/mol. The number of morpholine rings is 1. The molecule has 1 N–H and O–H groups in total. The average Bonchev–Trinajstić information content (AvgIpc) is 3.05. The third-order valence-corrected chi connectivity index (χ3v) is 6.21. The summed E-state index contributed by atoms with van der Waals surface area (Å²) in [5.74, 6) is 1.51. The second kappa shape index (κ2) is 8.14. The Morgan fingerprint density at radius 1 is 1.30 bits per heavy atom. The van der Waals surface area contributed by atoms with Crippen LogP contribution in [0.4, 0.5) is 0 Å². The molecular formula is C19H23ClN5OS+. The van der Waals surface area contributed by atoms with Gasteiger partial charge >= 0.3 is 0 Å². The minimum Gasteiger partial charge on any atom is -0.366 e. The molecule has 3 aromatic rings. The van der Waals surface area contributed by atoms with E-state index in [1.165, 1.54) is 10.5 Å². The molecule has 0 bridgehead atoms. The quantitative estimate of drug-likeness (QED) is 0.659. The van der Waals surface area contributed by atoms with Gasteiger partial charge in [-0.2, -0.15) is 0 Å². The number of thioether (sulfide) groups is 1. The smallest absolute Gasteiger partial charge is 0.256 e. The number of aryl methyl sites for hydroxylation is 2. The van der Waals surface area contributed by atoms with Crippen LogP contribution in [0.1, 0.15) is 17.0 Å². The van der Waals surface area contributed by atoms with Crippen LogP contribution in [0, 0.1) is 13.8 Å². The number of rotatable bonds is 5. The number of quaternary nitrogens is 1. The van der Waals surface area contributed by atoms with Gasteiger partial charge in [0, 0.05) is 27.7 Å². The zero-order valence-electron chi connectivity index (χ0n) is 15.5. The first-order valence-electron chi connectivity index (χ1n) is 9.11. The lowest BCUT2D eigenvalue weighted by molar-refractivity contribution is -0.924. The van der Waals surface area contributed by atoms with E-state index in [4.69, 9.17) is 16.3 Å². The minimum absolute atomic E-state index is 0.187. The first kappa shape index (κ1) is 18.7. The Kier molecular flexibility index (Phi) is 5.63. The van der Waals surface area contributed by atoms with E-state index >= 15 is 0 Å². The van der Waals surface area contributed by atoms with Crippen molar-refractivity contribution in [2.75, 3.05) is 25.4 Å². The molecule has 0 spiro atoms. The van der Waals surface area contributed by atoms with Crippen LogP contribution in [0.2, 0.25) is 5.02 Å². The predicted molar refractivity (Wildman–Crippen MR) is 107 cm³/mol. The number of nitrogens with zero attached hydrogens (tertiary/aromatic N) is 4. The molecule has 0 radical (unpaired) electrons. The molecule has 1 unspecified atom stereocenters. The highest BCUT2D eigenvalue weighted by atomic mass is 35.5. The molecule has 2 atom stereocenters. The molecule has 1 saturated heterocycles. The Morgan fingerprint density at radius 3 is 3.00 bits per heavy atom. The lowest BCUT2D eigenvalue weighted by atomic mass is 10.2. The summed E-state index contributed by atoms with van der Waals surface area (Å²) in [7, 11) is 0. The highest BCUT2D eigenvalue weighted by Gasteiger charge is 2.25. The fourth-order valence-corrected chi connectivity index (χ4v) is 4.70. The van der Waals surface area contributed by atoms with Gasteiger partial charge in [0.2, 0.25) is 0 Å². The van der Waals surface area contributed by atoms with Crippen molar-refractivity contribution in [3.63, 3.8) is 0 Å². The summed E-state index contributed by atoms with van der Waals surface area (Å²) in [5, 5.41) is 10.2. The van der Waals surface area contributed by atoms with Gasteiger partial charge in [0.25, 0.3) is 5.78 Å². The third-order valence-electron chi connectivity index (χ3n) is 4.79. The Bertz CT molecular complexity index is 947. The molecule has 142 valence electrons. The summed E-state index contributed by atoms with van der Waals surface area (Å²) >= 11 is 8.00. The predicted octanol–water partition coefficient (Wildman–Crippen LogP) is 1.97. The van der Waals surface area contributed by atoms with Gasteiger partial charge in [0.05, 0.1) is 6.61 Å². The number of benzene rings is 1. The molecule has 1 aromatic carbocycles. The summed E-state index contributed by atoms with van der Waals surface area (Å²) in [6.45, 7) is 7.70. The van der Waals surface area contributed by atoms with Gasteiger partial charge in [0.15, 0.2) is 5.16 Å². The zero-order valence-corrected chi connectivity index (χ0v) is 17.1. The van der Waals surface area contributed by atoms with E-state index < -0.39 is 0 Å². The molecule has 1 aliphatic heterocycles. The van der Waals surface area contributed by atoms with Crippen LogP contribution in [-0.4, -0.2) is 51.1 Å². The molecular weight excluding hydrogens is 382 g/mol. The molecule has 1 aliphatic rings. The minimum atomic E-state index is 0.187. The summed E-state index contributed by atoms with van der Waals surface area (Å²) in [5.41, 5.74) is 3.25. The summed E-state index contributed by atoms with van der Waals surface area (Å²) < 4.78 is 8.00. The van der Waals surface area contributed by atoms with Crippen molar-refractivity contribution in [3.8, 4) is 0 Å². The topological polar surface area (TPSA) is 56.8 Å². The monoisotopic (exact) mass is 404 g/mol. The van der Waals surface area contributed by atoms with Crippen molar-refractivity contribution in [2.45, 2.75) is 31.7 Å². The van der Waals surface area contributed by atoms with Gasteiger partial charge in [-0.3, -0.25) is 4.40 Å². The zero-order chi connectivity index (χ0) is 18.8.